The van der Waals surface area contributed by atoms with E-state index in [1.165, 1.54) is 6.26 Å². The first-order valence-electron chi connectivity index (χ1n) is 7.04. The molecule has 0 saturated heterocycles. The Balaban J connectivity index is 1.73. The zero-order valence-electron chi connectivity index (χ0n) is 12.4. The molecule has 2 heterocycles. The summed E-state index contributed by atoms with van der Waals surface area (Å²) < 4.78 is 10.7. The van der Waals surface area contributed by atoms with E-state index in [0.717, 1.165) is 11.3 Å². The Hall–Kier alpha value is -2.82. The second-order valence-electron chi connectivity index (χ2n) is 5.23. The number of hydrogen-bond donors (Lipinski definition) is 1. The van der Waals surface area contributed by atoms with Crippen molar-refractivity contribution in [2.45, 2.75) is 19.8 Å². The van der Waals surface area contributed by atoms with Crippen LogP contribution >= 0.6 is 0 Å². The zero-order chi connectivity index (χ0) is 15.5. The van der Waals surface area contributed by atoms with Crippen molar-refractivity contribution in [3.05, 3.63) is 60.4 Å². The first-order chi connectivity index (χ1) is 10.6. The lowest BCUT2D eigenvalue weighted by Crippen LogP contribution is -2.10. The quantitative estimate of drug-likeness (QED) is 0.779. The van der Waals surface area contributed by atoms with Gasteiger partial charge in [-0.05, 0) is 36.4 Å². The van der Waals surface area contributed by atoms with E-state index < -0.39 is 0 Å². The van der Waals surface area contributed by atoms with Crippen molar-refractivity contribution in [3.63, 3.8) is 0 Å². The molecule has 0 aliphatic carbocycles. The highest BCUT2D eigenvalue weighted by atomic mass is 16.4. The summed E-state index contributed by atoms with van der Waals surface area (Å²) in [4.78, 5) is 16.1. The first kappa shape index (κ1) is 14.1. The third-order valence-electron chi connectivity index (χ3n) is 3.23. The van der Waals surface area contributed by atoms with Crippen LogP contribution in [0.5, 0.6) is 0 Å². The minimum atomic E-state index is -0.282. The van der Waals surface area contributed by atoms with Gasteiger partial charge >= 0.3 is 0 Å². The third-order valence-corrected chi connectivity index (χ3v) is 3.23. The number of anilines is 1. The molecule has 1 amide bonds. The molecule has 5 nitrogen and oxygen atoms in total. The summed E-state index contributed by atoms with van der Waals surface area (Å²) in [5, 5.41) is 2.76. The molecule has 0 atom stereocenters. The molecule has 0 unspecified atom stereocenters. The predicted molar refractivity (Wildman–Crippen MR) is 82.7 cm³/mol. The Morgan fingerprint density at radius 2 is 1.95 bits per heavy atom. The van der Waals surface area contributed by atoms with Crippen molar-refractivity contribution in [3.8, 4) is 11.5 Å². The number of amides is 1. The molecule has 112 valence electrons. The van der Waals surface area contributed by atoms with Crippen LogP contribution in [0.25, 0.3) is 11.5 Å². The molecule has 0 aliphatic heterocycles. The van der Waals surface area contributed by atoms with Crippen LogP contribution in [0.15, 0.2) is 57.7 Å². The van der Waals surface area contributed by atoms with Crippen molar-refractivity contribution in [2.75, 3.05) is 5.32 Å². The molecule has 0 saturated carbocycles. The van der Waals surface area contributed by atoms with Crippen LogP contribution in [0.4, 0.5) is 5.69 Å². The number of nitrogens with zero attached hydrogens (tertiary/aromatic N) is 1. The maximum absolute atomic E-state index is 11.9. The van der Waals surface area contributed by atoms with E-state index >= 15 is 0 Å². The first-order valence-corrected chi connectivity index (χ1v) is 7.04. The summed E-state index contributed by atoms with van der Waals surface area (Å²) in [6.07, 6.45) is 3.21. The molecule has 0 radical (unpaired) electrons. The Morgan fingerprint density at radius 1 is 1.18 bits per heavy atom. The van der Waals surface area contributed by atoms with E-state index in [-0.39, 0.29) is 11.7 Å². The van der Waals surface area contributed by atoms with Gasteiger partial charge in [0, 0.05) is 17.2 Å². The molecule has 0 aliphatic rings. The normalized spacial score (nSPS) is 10.9. The standard InChI is InChI=1S/C17H16N2O3/c1-11(2)15-10-18-17(22-15)12-5-7-13(8-6-12)19-16(20)14-4-3-9-21-14/h3-11H,1-2H3,(H,19,20). The fourth-order valence-electron chi connectivity index (χ4n) is 1.98. The Bertz CT molecular complexity index is 756. The number of nitrogens with one attached hydrogen (secondary N) is 1. The largest absolute Gasteiger partial charge is 0.459 e. The summed E-state index contributed by atoms with van der Waals surface area (Å²) in [6.45, 7) is 4.11. The highest BCUT2D eigenvalue weighted by Crippen LogP contribution is 2.24. The van der Waals surface area contributed by atoms with Crippen LogP contribution < -0.4 is 5.32 Å². The molecule has 0 fully saturated rings. The molecule has 22 heavy (non-hydrogen) atoms. The molecule has 0 bridgehead atoms. The highest BCUT2D eigenvalue weighted by molar-refractivity contribution is 6.02. The second-order valence-corrected chi connectivity index (χ2v) is 5.23. The van der Waals surface area contributed by atoms with E-state index in [1.54, 1.807) is 30.5 Å². The molecule has 5 heteroatoms. The van der Waals surface area contributed by atoms with Crippen molar-refractivity contribution < 1.29 is 13.6 Å². The molecule has 1 aromatic carbocycles. The molecule has 3 rings (SSSR count). The van der Waals surface area contributed by atoms with Crippen molar-refractivity contribution in [1.29, 1.82) is 0 Å². The van der Waals surface area contributed by atoms with Gasteiger partial charge in [0.2, 0.25) is 5.89 Å². The number of rotatable bonds is 4. The average Bonchev–Trinajstić information content (AvgIpc) is 3.20. The molecule has 1 N–H and O–H groups in total. The van der Waals surface area contributed by atoms with E-state index in [0.29, 0.717) is 17.5 Å². The van der Waals surface area contributed by atoms with E-state index in [4.69, 9.17) is 8.83 Å². The van der Waals surface area contributed by atoms with E-state index in [1.807, 2.05) is 12.1 Å². The summed E-state index contributed by atoms with van der Waals surface area (Å²) in [5.41, 5.74) is 1.55. The van der Waals surface area contributed by atoms with Crippen LogP contribution in [0.3, 0.4) is 0 Å². The SMILES string of the molecule is CC(C)c1cnc(-c2ccc(NC(=O)c3ccco3)cc2)o1. The fraction of sp³-hybridized carbons (Fsp3) is 0.176. The van der Waals surface area contributed by atoms with Crippen LogP contribution in [0.2, 0.25) is 0 Å². The maximum atomic E-state index is 11.9. The predicted octanol–water partition coefficient (Wildman–Crippen LogP) is 4.31. The van der Waals surface area contributed by atoms with Gasteiger partial charge in [0.15, 0.2) is 5.76 Å². The molecular weight excluding hydrogens is 280 g/mol. The van der Waals surface area contributed by atoms with E-state index in [2.05, 4.69) is 24.1 Å². The number of carbonyl (C=O) groups excluding carboxylic acids is 1. The molecule has 3 aromatic rings. The number of carbonyl (C=O) groups is 1. The monoisotopic (exact) mass is 296 g/mol. The summed E-state index contributed by atoms with van der Waals surface area (Å²) in [7, 11) is 0. The van der Waals surface area contributed by atoms with Gasteiger partial charge in [-0.1, -0.05) is 13.8 Å². The van der Waals surface area contributed by atoms with Gasteiger partial charge < -0.3 is 14.2 Å². The number of furan rings is 1. The molecular formula is C17H16N2O3. The van der Waals surface area contributed by atoms with Gasteiger partial charge in [0.25, 0.3) is 5.91 Å². The van der Waals surface area contributed by atoms with E-state index in [9.17, 15) is 4.79 Å². The number of benzene rings is 1. The lowest BCUT2D eigenvalue weighted by atomic mass is 10.2. The molecule has 2 aromatic heterocycles. The minimum absolute atomic E-state index is 0.276. The zero-order valence-corrected chi connectivity index (χ0v) is 12.4. The topological polar surface area (TPSA) is 68.3 Å². The number of hydrogen-bond acceptors (Lipinski definition) is 4. The lowest BCUT2D eigenvalue weighted by molar-refractivity contribution is 0.0996. The van der Waals surface area contributed by atoms with Gasteiger partial charge in [-0.2, -0.15) is 0 Å². The summed E-state index contributed by atoms with van der Waals surface area (Å²) in [6, 6.07) is 10.6. The van der Waals surface area contributed by atoms with Gasteiger partial charge in [0.05, 0.1) is 12.5 Å². The number of oxazole rings is 1. The Labute approximate surface area is 128 Å². The lowest BCUT2D eigenvalue weighted by Gasteiger charge is -2.04. The van der Waals surface area contributed by atoms with Crippen molar-refractivity contribution in [1.82, 2.24) is 4.98 Å². The van der Waals surface area contributed by atoms with Gasteiger partial charge in [-0.15, -0.1) is 0 Å². The highest BCUT2D eigenvalue weighted by Gasteiger charge is 2.11. The Kier molecular flexibility index (Phi) is 3.78. The molecule has 0 spiro atoms. The fourth-order valence-corrected chi connectivity index (χ4v) is 1.98. The maximum Gasteiger partial charge on any atom is 0.291 e. The Morgan fingerprint density at radius 3 is 2.55 bits per heavy atom. The van der Waals surface area contributed by atoms with Crippen LogP contribution in [-0.4, -0.2) is 10.9 Å². The minimum Gasteiger partial charge on any atom is -0.459 e. The van der Waals surface area contributed by atoms with Gasteiger partial charge in [-0.25, -0.2) is 4.98 Å². The summed E-state index contributed by atoms with van der Waals surface area (Å²) in [5.74, 6) is 1.72. The smallest absolute Gasteiger partial charge is 0.291 e. The third kappa shape index (κ3) is 2.93. The van der Waals surface area contributed by atoms with Crippen LogP contribution in [-0.2, 0) is 0 Å². The van der Waals surface area contributed by atoms with Gasteiger partial charge in [-0.3, -0.25) is 4.79 Å². The van der Waals surface area contributed by atoms with Crippen molar-refractivity contribution >= 4 is 11.6 Å². The number of aromatic nitrogens is 1. The van der Waals surface area contributed by atoms with Crippen LogP contribution in [0.1, 0.15) is 36.1 Å². The second kappa shape index (κ2) is 5.89. The summed E-state index contributed by atoms with van der Waals surface area (Å²) >= 11 is 0. The van der Waals surface area contributed by atoms with Crippen LogP contribution in [0, 0.1) is 0 Å². The van der Waals surface area contributed by atoms with Gasteiger partial charge in [0.1, 0.15) is 5.76 Å². The average molecular weight is 296 g/mol. The van der Waals surface area contributed by atoms with Crippen molar-refractivity contribution in [2.24, 2.45) is 0 Å².